The van der Waals surface area contributed by atoms with E-state index in [1.54, 1.807) is 0 Å². The number of allylic oxidation sites excluding steroid dienone is 2. The molecular weight excluding hydrogens is 146 g/mol. The van der Waals surface area contributed by atoms with Crippen LogP contribution in [0.1, 0.15) is 11.1 Å². The van der Waals surface area contributed by atoms with Gasteiger partial charge in [0.15, 0.2) is 0 Å². The summed E-state index contributed by atoms with van der Waals surface area (Å²) in [5.41, 5.74) is 3.74. The molecule has 60 valence electrons. The first kappa shape index (κ1) is 7.17. The van der Waals surface area contributed by atoms with Crippen molar-refractivity contribution in [2.75, 3.05) is 5.32 Å². The molecule has 0 aromatic heterocycles. The molecule has 12 heavy (non-hydrogen) atoms. The molecule has 0 saturated carbocycles. The molecule has 1 heteroatoms. The van der Waals surface area contributed by atoms with Crippen molar-refractivity contribution in [3.63, 3.8) is 0 Å². The minimum atomic E-state index is 1.21. The van der Waals surface area contributed by atoms with Crippen LogP contribution in [-0.4, -0.2) is 0 Å². The molecule has 1 aromatic carbocycles. The standard InChI is InChI=1S/C11H11N/c1-9-5-4-7-10-6-2-3-8-12-11(9)10/h2-8,12H,1H3. The summed E-state index contributed by atoms with van der Waals surface area (Å²) in [4.78, 5) is 0. The molecule has 1 nitrogen and oxygen atoms in total. The Labute approximate surface area is 72.4 Å². The molecule has 0 aliphatic carbocycles. The van der Waals surface area contributed by atoms with Crippen molar-refractivity contribution in [2.45, 2.75) is 6.92 Å². The molecule has 0 atom stereocenters. The molecule has 0 bridgehead atoms. The predicted octanol–water partition coefficient (Wildman–Crippen LogP) is 2.95. The van der Waals surface area contributed by atoms with Gasteiger partial charge in [-0.25, -0.2) is 0 Å². The van der Waals surface area contributed by atoms with Crippen molar-refractivity contribution in [1.82, 2.24) is 0 Å². The van der Waals surface area contributed by atoms with E-state index in [1.807, 2.05) is 18.4 Å². The number of aryl methyl sites for hydroxylation is 1. The Hall–Kier alpha value is -1.50. The number of fused-ring (bicyclic) bond motifs is 1. The van der Waals surface area contributed by atoms with E-state index in [0.717, 1.165) is 0 Å². The summed E-state index contributed by atoms with van der Waals surface area (Å²) in [7, 11) is 0. The Balaban J connectivity index is 2.59. The maximum Gasteiger partial charge on any atom is 0.0483 e. The van der Waals surface area contributed by atoms with Gasteiger partial charge in [0.1, 0.15) is 0 Å². The van der Waals surface area contributed by atoms with Gasteiger partial charge < -0.3 is 5.32 Å². The first-order valence-corrected chi connectivity index (χ1v) is 4.07. The van der Waals surface area contributed by atoms with E-state index in [0.29, 0.717) is 0 Å². The molecule has 0 fully saturated rings. The fourth-order valence-electron chi connectivity index (χ4n) is 1.37. The van der Waals surface area contributed by atoms with Crippen LogP contribution in [0.4, 0.5) is 5.69 Å². The van der Waals surface area contributed by atoms with Crippen molar-refractivity contribution in [3.8, 4) is 0 Å². The van der Waals surface area contributed by atoms with Crippen molar-refractivity contribution in [3.05, 3.63) is 47.7 Å². The number of rotatable bonds is 0. The highest BCUT2D eigenvalue weighted by Gasteiger charge is 2.01. The van der Waals surface area contributed by atoms with Gasteiger partial charge in [-0.2, -0.15) is 0 Å². The minimum absolute atomic E-state index is 1.21. The van der Waals surface area contributed by atoms with Crippen molar-refractivity contribution in [1.29, 1.82) is 0 Å². The van der Waals surface area contributed by atoms with Crippen LogP contribution >= 0.6 is 0 Å². The van der Waals surface area contributed by atoms with Gasteiger partial charge >= 0.3 is 0 Å². The van der Waals surface area contributed by atoms with Crippen LogP contribution < -0.4 is 5.32 Å². The molecule has 1 aliphatic rings. The summed E-state index contributed by atoms with van der Waals surface area (Å²) in [5.74, 6) is 0. The monoisotopic (exact) mass is 157 g/mol. The third-order valence-corrected chi connectivity index (χ3v) is 2.02. The van der Waals surface area contributed by atoms with Gasteiger partial charge in [-0.05, 0) is 24.1 Å². The largest absolute Gasteiger partial charge is 0.361 e. The van der Waals surface area contributed by atoms with Crippen molar-refractivity contribution in [2.24, 2.45) is 0 Å². The Bertz CT molecular complexity index is 348. The molecule has 0 amide bonds. The maximum atomic E-state index is 3.25. The lowest BCUT2D eigenvalue weighted by molar-refractivity contribution is 1.43. The van der Waals surface area contributed by atoms with E-state index >= 15 is 0 Å². The maximum absolute atomic E-state index is 3.25. The molecule has 0 spiro atoms. The normalized spacial score (nSPS) is 13.4. The highest BCUT2D eigenvalue weighted by molar-refractivity contribution is 5.72. The van der Waals surface area contributed by atoms with Gasteiger partial charge in [0.05, 0.1) is 0 Å². The summed E-state index contributed by atoms with van der Waals surface area (Å²) in [5, 5.41) is 3.25. The number of benzene rings is 1. The highest BCUT2D eigenvalue weighted by atomic mass is 14.8. The molecule has 0 radical (unpaired) electrons. The molecule has 1 aromatic rings. The number of nitrogens with one attached hydrogen (secondary N) is 1. The minimum Gasteiger partial charge on any atom is -0.361 e. The Morgan fingerprint density at radius 1 is 1.17 bits per heavy atom. The van der Waals surface area contributed by atoms with Crippen LogP contribution in [0.2, 0.25) is 0 Å². The lowest BCUT2D eigenvalue weighted by atomic mass is 10.1. The van der Waals surface area contributed by atoms with E-state index in [4.69, 9.17) is 0 Å². The summed E-state index contributed by atoms with van der Waals surface area (Å²) in [6.45, 7) is 2.11. The van der Waals surface area contributed by atoms with Gasteiger partial charge in [-0.3, -0.25) is 0 Å². The van der Waals surface area contributed by atoms with Crippen LogP contribution in [0.3, 0.4) is 0 Å². The lowest BCUT2D eigenvalue weighted by Crippen LogP contribution is -1.92. The zero-order valence-electron chi connectivity index (χ0n) is 7.04. The van der Waals surface area contributed by atoms with Crippen LogP contribution in [0, 0.1) is 6.92 Å². The SMILES string of the molecule is Cc1cccc2c1NC=CC=C2. The van der Waals surface area contributed by atoms with Crippen molar-refractivity contribution < 1.29 is 0 Å². The number of hydrogen-bond donors (Lipinski definition) is 1. The second-order valence-corrected chi connectivity index (χ2v) is 2.90. The van der Waals surface area contributed by atoms with Crippen LogP contribution in [-0.2, 0) is 0 Å². The second-order valence-electron chi connectivity index (χ2n) is 2.90. The van der Waals surface area contributed by atoms with E-state index in [1.165, 1.54) is 16.8 Å². The highest BCUT2D eigenvalue weighted by Crippen LogP contribution is 2.23. The Morgan fingerprint density at radius 3 is 3.00 bits per heavy atom. The second kappa shape index (κ2) is 2.86. The predicted molar refractivity (Wildman–Crippen MR) is 53.0 cm³/mol. The lowest BCUT2D eigenvalue weighted by Gasteiger charge is -2.07. The zero-order valence-corrected chi connectivity index (χ0v) is 7.04. The summed E-state index contributed by atoms with van der Waals surface area (Å²) in [6, 6.07) is 6.29. The first-order chi connectivity index (χ1) is 5.88. The number of hydrogen-bond acceptors (Lipinski definition) is 1. The van der Waals surface area contributed by atoms with Gasteiger partial charge in [0.2, 0.25) is 0 Å². The molecule has 1 aliphatic heterocycles. The van der Waals surface area contributed by atoms with Crippen molar-refractivity contribution >= 4 is 11.8 Å². The third kappa shape index (κ3) is 1.14. The van der Waals surface area contributed by atoms with Gasteiger partial charge in [-0.1, -0.05) is 30.4 Å². The van der Waals surface area contributed by atoms with E-state index in [-0.39, 0.29) is 0 Å². The van der Waals surface area contributed by atoms with Crippen LogP contribution in [0.15, 0.2) is 36.6 Å². The van der Waals surface area contributed by atoms with Gasteiger partial charge in [0, 0.05) is 11.9 Å². The zero-order chi connectivity index (χ0) is 8.39. The number of para-hydroxylation sites is 1. The molecule has 1 N–H and O–H groups in total. The smallest absolute Gasteiger partial charge is 0.0483 e. The first-order valence-electron chi connectivity index (χ1n) is 4.07. The summed E-state index contributed by atoms with van der Waals surface area (Å²) in [6.07, 6.45) is 8.10. The topological polar surface area (TPSA) is 12.0 Å². The Kier molecular flexibility index (Phi) is 1.71. The molecule has 1 heterocycles. The van der Waals surface area contributed by atoms with Gasteiger partial charge in [0.25, 0.3) is 0 Å². The summed E-state index contributed by atoms with van der Waals surface area (Å²) < 4.78 is 0. The quantitative estimate of drug-likeness (QED) is 0.610. The fraction of sp³-hybridized carbons (Fsp3) is 0.0909. The van der Waals surface area contributed by atoms with E-state index < -0.39 is 0 Å². The molecule has 2 rings (SSSR count). The molecule has 0 unspecified atom stereocenters. The molecular formula is C11H11N. The fourth-order valence-corrected chi connectivity index (χ4v) is 1.37. The average molecular weight is 157 g/mol. The molecule has 0 saturated heterocycles. The average Bonchev–Trinajstić information content (AvgIpc) is 2.30. The summed E-state index contributed by atoms with van der Waals surface area (Å²) >= 11 is 0. The Morgan fingerprint density at radius 2 is 2.08 bits per heavy atom. The van der Waals surface area contributed by atoms with E-state index in [2.05, 4.69) is 36.5 Å². The van der Waals surface area contributed by atoms with E-state index in [9.17, 15) is 0 Å². The number of anilines is 1. The third-order valence-electron chi connectivity index (χ3n) is 2.02. The van der Waals surface area contributed by atoms with Gasteiger partial charge in [-0.15, -0.1) is 0 Å². The van der Waals surface area contributed by atoms with Crippen LogP contribution in [0.5, 0.6) is 0 Å². The van der Waals surface area contributed by atoms with Crippen LogP contribution in [0.25, 0.3) is 6.08 Å².